The van der Waals surface area contributed by atoms with Crippen molar-refractivity contribution in [1.82, 2.24) is 4.98 Å². The summed E-state index contributed by atoms with van der Waals surface area (Å²) < 4.78 is 5.24. The number of methoxy groups -OCH3 is 1. The van der Waals surface area contributed by atoms with E-state index in [1.807, 2.05) is 38.1 Å². The molecule has 1 rings (SSSR count). The first-order chi connectivity index (χ1) is 9.20. The maximum absolute atomic E-state index is 5.24. The predicted molar refractivity (Wildman–Crippen MR) is 83.2 cm³/mol. The Morgan fingerprint density at radius 3 is 2.74 bits per heavy atom. The molecular weight excluding hydrogens is 236 g/mol. The van der Waals surface area contributed by atoms with Gasteiger partial charge in [0.25, 0.3) is 0 Å². The Balaban J connectivity index is 0.00000154. The molecule has 0 bridgehead atoms. The first-order valence-corrected chi connectivity index (χ1v) is 6.47. The lowest BCUT2D eigenvalue weighted by atomic mass is 9.94. The van der Waals surface area contributed by atoms with E-state index in [-0.39, 0.29) is 5.92 Å². The van der Waals surface area contributed by atoms with Crippen molar-refractivity contribution < 1.29 is 4.74 Å². The lowest BCUT2D eigenvalue weighted by molar-refractivity contribution is 0.391. The molecule has 1 aromatic rings. The predicted octanol–water partition coefficient (Wildman–Crippen LogP) is 4.03. The summed E-state index contributed by atoms with van der Waals surface area (Å²) >= 11 is 0. The van der Waals surface area contributed by atoms with Crippen molar-refractivity contribution in [2.24, 2.45) is 4.99 Å². The Morgan fingerprint density at radius 2 is 2.16 bits per heavy atom. The van der Waals surface area contributed by atoms with E-state index in [4.69, 9.17) is 4.74 Å². The van der Waals surface area contributed by atoms with Gasteiger partial charge in [0.1, 0.15) is 0 Å². The largest absolute Gasteiger partial charge is 0.481 e. The number of hydrogen-bond donors (Lipinski definition) is 0. The zero-order valence-electron chi connectivity index (χ0n) is 12.6. The van der Waals surface area contributed by atoms with Gasteiger partial charge < -0.3 is 4.74 Å². The first-order valence-electron chi connectivity index (χ1n) is 6.47. The van der Waals surface area contributed by atoms with Crippen molar-refractivity contribution in [3.8, 4) is 5.88 Å². The van der Waals surface area contributed by atoms with Gasteiger partial charge in [0.05, 0.1) is 7.11 Å². The third-order valence-corrected chi connectivity index (χ3v) is 2.56. The molecule has 19 heavy (non-hydrogen) atoms. The van der Waals surface area contributed by atoms with Crippen LogP contribution in [-0.2, 0) is 0 Å². The van der Waals surface area contributed by atoms with Gasteiger partial charge in [-0.25, -0.2) is 4.98 Å². The molecule has 1 atom stereocenters. The minimum absolute atomic E-state index is 0.167. The van der Waals surface area contributed by atoms with Crippen molar-refractivity contribution >= 4 is 6.21 Å². The van der Waals surface area contributed by atoms with Crippen molar-refractivity contribution in [1.29, 1.82) is 0 Å². The van der Waals surface area contributed by atoms with Crippen LogP contribution in [0, 0.1) is 0 Å². The number of ether oxygens (including phenoxy) is 1. The van der Waals surface area contributed by atoms with Crippen LogP contribution in [0.4, 0.5) is 0 Å². The van der Waals surface area contributed by atoms with Crippen LogP contribution in [0.15, 0.2) is 47.6 Å². The zero-order valence-corrected chi connectivity index (χ0v) is 12.6. The van der Waals surface area contributed by atoms with E-state index in [9.17, 15) is 0 Å². The number of allylic oxidation sites excluding steroid dienone is 3. The molecule has 1 heterocycles. The highest BCUT2D eigenvalue weighted by Crippen LogP contribution is 2.29. The average Bonchev–Trinajstić information content (AvgIpc) is 2.48. The number of rotatable bonds is 5. The highest BCUT2D eigenvalue weighted by molar-refractivity contribution is 5.71. The fourth-order valence-corrected chi connectivity index (χ4v) is 1.50. The molecule has 0 amide bonds. The zero-order chi connectivity index (χ0) is 14.7. The van der Waals surface area contributed by atoms with Gasteiger partial charge in [0.15, 0.2) is 0 Å². The van der Waals surface area contributed by atoms with Gasteiger partial charge in [0.2, 0.25) is 5.88 Å². The van der Waals surface area contributed by atoms with E-state index >= 15 is 0 Å². The second kappa shape index (κ2) is 10.1. The molecule has 0 N–H and O–H groups in total. The topological polar surface area (TPSA) is 34.5 Å². The van der Waals surface area contributed by atoms with Gasteiger partial charge in [-0.05, 0) is 17.7 Å². The fourth-order valence-electron chi connectivity index (χ4n) is 1.50. The molecule has 0 spiro atoms. The summed E-state index contributed by atoms with van der Waals surface area (Å²) in [6, 6.07) is 3.91. The Hall–Kier alpha value is -1.90. The lowest BCUT2D eigenvalue weighted by Gasteiger charge is -2.14. The molecule has 0 aromatic carbocycles. The fraction of sp³-hybridized carbons (Fsp3) is 0.375. The van der Waals surface area contributed by atoms with E-state index in [1.165, 1.54) is 0 Å². The van der Waals surface area contributed by atoms with Crippen molar-refractivity contribution in [2.45, 2.75) is 26.7 Å². The normalized spacial score (nSPS) is 12.1. The van der Waals surface area contributed by atoms with E-state index in [0.717, 1.165) is 11.1 Å². The third kappa shape index (κ3) is 5.51. The summed E-state index contributed by atoms with van der Waals surface area (Å²) in [5.74, 6) is 0.818. The number of aliphatic imine (C=N–C) groups is 1. The molecule has 0 aliphatic rings. The molecule has 3 heteroatoms. The maximum Gasteiger partial charge on any atom is 0.216 e. The van der Waals surface area contributed by atoms with Crippen molar-refractivity contribution in [3.05, 3.63) is 48.2 Å². The van der Waals surface area contributed by atoms with E-state index in [1.54, 1.807) is 26.6 Å². The van der Waals surface area contributed by atoms with Crippen molar-refractivity contribution in [3.63, 3.8) is 0 Å². The molecule has 0 fully saturated rings. The first kappa shape index (κ1) is 17.1. The monoisotopic (exact) mass is 260 g/mol. The number of hydrogen-bond acceptors (Lipinski definition) is 3. The van der Waals surface area contributed by atoms with Gasteiger partial charge in [0, 0.05) is 30.9 Å². The van der Waals surface area contributed by atoms with Crippen LogP contribution < -0.4 is 4.74 Å². The smallest absolute Gasteiger partial charge is 0.216 e. The molecule has 0 radical (unpaired) electrons. The summed E-state index contributed by atoms with van der Waals surface area (Å²) in [5.41, 5.74) is 2.04. The highest BCUT2D eigenvalue weighted by atomic mass is 16.5. The molecule has 0 saturated carbocycles. The van der Waals surface area contributed by atoms with Crippen LogP contribution in [-0.4, -0.2) is 25.4 Å². The summed E-state index contributed by atoms with van der Waals surface area (Å²) in [6.07, 6.45) is 7.28. The molecule has 104 valence electrons. The molecule has 0 saturated heterocycles. The van der Waals surface area contributed by atoms with Gasteiger partial charge in [-0.2, -0.15) is 0 Å². The minimum Gasteiger partial charge on any atom is -0.481 e. The Labute approximate surface area is 116 Å². The van der Waals surface area contributed by atoms with Crippen LogP contribution in [0.2, 0.25) is 0 Å². The van der Waals surface area contributed by atoms with Gasteiger partial charge in [-0.1, -0.05) is 39.5 Å². The molecule has 1 unspecified atom stereocenters. The molecule has 3 nitrogen and oxygen atoms in total. The lowest BCUT2D eigenvalue weighted by Crippen LogP contribution is -2.00. The SMILES string of the molecule is C=C(/C=C\C=NC)C(C)c1cccnc1OC.CC. The Kier molecular flexibility index (Phi) is 9.06. The van der Waals surface area contributed by atoms with E-state index in [2.05, 4.69) is 23.5 Å². The second-order valence-corrected chi connectivity index (χ2v) is 3.66. The second-order valence-electron chi connectivity index (χ2n) is 3.66. The number of pyridine rings is 1. The summed E-state index contributed by atoms with van der Waals surface area (Å²) in [4.78, 5) is 8.07. The average molecular weight is 260 g/mol. The number of aromatic nitrogens is 1. The Bertz CT molecular complexity index is 436. The highest BCUT2D eigenvalue weighted by Gasteiger charge is 2.13. The molecule has 0 aliphatic carbocycles. The summed E-state index contributed by atoms with van der Waals surface area (Å²) in [6.45, 7) is 10.1. The van der Waals surface area contributed by atoms with Crippen LogP contribution in [0.1, 0.15) is 32.3 Å². The van der Waals surface area contributed by atoms with Crippen LogP contribution >= 0.6 is 0 Å². The number of nitrogens with zero attached hydrogens (tertiary/aromatic N) is 2. The quantitative estimate of drug-likeness (QED) is 0.591. The maximum atomic E-state index is 5.24. The van der Waals surface area contributed by atoms with Crippen LogP contribution in [0.25, 0.3) is 0 Å². The minimum atomic E-state index is 0.167. The molecule has 1 aromatic heterocycles. The molecular formula is C16H24N2O. The van der Waals surface area contributed by atoms with Crippen LogP contribution in [0.3, 0.4) is 0 Å². The summed E-state index contributed by atoms with van der Waals surface area (Å²) in [5, 5.41) is 0. The standard InChI is InChI=1S/C14H18N2O.C2H6/c1-11(7-5-9-15-3)12(2)13-8-6-10-16-14(13)17-4;1-2/h5-10,12H,1H2,2-4H3;1-2H3/b7-5-,15-9?;. The third-order valence-electron chi connectivity index (χ3n) is 2.56. The Morgan fingerprint density at radius 1 is 1.47 bits per heavy atom. The van der Waals surface area contributed by atoms with Crippen molar-refractivity contribution in [2.75, 3.05) is 14.2 Å². The van der Waals surface area contributed by atoms with Gasteiger partial charge in [-0.3, -0.25) is 4.99 Å². The van der Waals surface area contributed by atoms with Crippen LogP contribution in [0.5, 0.6) is 5.88 Å². The van der Waals surface area contributed by atoms with E-state index in [0.29, 0.717) is 5.88 Å². The summed E-state index contributed by atoms with van der Waals surface area (Å²) in [7, 11) is 3.36. The van der Waals surface area contributed by atoms with Gasteiger partial charge in [-0.15, -0.1) is 0 Å². The van der Waals surface area contributed by atoms with E-state index < -0.39 is 0 Å². The molecule has 0 aliphatic heterocycles. The van der Waals surface area contributed by atoms with Gasteiger partial charge >= 0.3 is 0 Å².